The second kappa shape index (κ2) is 12.5. The van der Waals surface area contributed by atoms with Gasteiger partial charge in [0, 0.05) is 19.2 Å². The Bertz CT molecular complexity index is 1280. The van der Waals surface area contributed by atoms with Gasteiger partial charge in [0.25, 0.3) is 11.5 Å². The minimum atomic E-state index is -1.32. The molecule has 4 saturated carbocycles. The number of hydrogen-bond donors (Lipinski definition) is 4. The van der Waals surface area contributed by atoms with Crippen molar-refractivity contribution >= 4 is 35.5 Å². The van der Waals surface area contributed by atoms with Gasteiger partial charge in [-0.1, -0.05) is 0 Å². The van der Waals surface area contributed by atoms with Gasteiger partial charge in [-0.05, 0) is 95.1 Å². The fourth-order valence-electron chi connectivity index (χ4n) is 6.82. The van der Waals surface area contributed by atoms with Crippen molar-refractivity contribution in [3.63, 3.8) is 0 Å². The summed E-state index contributed by atoms with van der Waals surface area (Å²) in [5, 5.41) is 8.10. The first kappa shape index (κ1) is 31.0. The molecule has 7 atom stereocenters. The molecule has 1 heterocycles. The Kier molecular flexibility index (Phi) is 9.27. The normalized spacial score (nSPS) is 25.3. The van der Waals surface area contributed by atoms with Crippen molar-refractivity contribution in [1.82, 2.24) is 15.2 Å². The summed E-state index contributed by atoms with van der Waals surface area (Å²) in [5.41, 5.74) is 3.76. The number of rotatable bonds is 11. The number of pyridine rings is 1. The summed E-state index contributed by atoms with van der Waals surface area (Å²) in [7, 11) is 0. The third kappa shape index (κ3) is 7.68. The highest BCUT2D eigenvalue weighted by Gasteiger charge is 2.54. The van der Waals surface area contributed by atoms with Crippen LogP contribution >= 0.6 is 0 Å². The molecule has 4 bridgehead atoms. The van der Waals surface area contributed by atoms with Crippen LogP contribution in [0.1, 0.15) is 66.2 Å². The van der Waals surface area contributed by atoms with Crippen LogP contribution in [0.15, 0.2) is 23.1 Å². The van der Waals surface area contributed by atoms with E-state index in [1.165, 1.54) is 29.3 Å². The molecule has 0 radical (unpaired) electrons. The summed E-state index contributed by atoms with van der Waals surface area (Å²) >= 11 is 0. The second-order valence-electron chi connectivity index (χ2n) is 12.7. The van der Waals surface area contributed by atoms with E-state index in [-0.39, 0.29) is 37.0 Å². The van der Waals surface area contributed by atoms with Gasteiger partial charge < -0.3 is 35.7 Å². The van der Waals surface area contributed by atoms with E-state index in [0.717, 1.165) is 32.1 Å². The molecule has 230 valence electrons. The zero-order valence-electron chi connectivity index (χ0n) is 24.5. The number of nitrogens with two attached hydrogens (primary N) is 1. The quantitative estimate of drug-likeness (QED) is 0.280. The molecule has 5 rings (SSSR count). The van der Waals surface area contributed by atoms with Crippen molar-refractivity contribution in [2.24, 2.45) is 29.4 Å². The zero-order valence-corrected chi connectivity index (χ0v) is 24.5. The van der Waals surface area contributed by atoms with E-state index in [2.05, 4.69) is 16.0 Å². The lowest BCUT2D eigenvalue weighted by molar-refractivity contribution is -0.153. The summed E-state index contributed by atoms with van der Waals surface area (Å²) in [6.07, 6.45) is 3.63. The number of carbonyl (C=O) groups excluding carboxylic acids is 5. The van der Waals surface area contributed by atoms with Crippen LogP contribution in [0.4, 0.5) is 10.5 Å². The first-order valence-electron chi connectivity index (χ1n) is 14.5. The van der Waals surface area contributed by atoms with Gasteiger partial charge in [-0.2, -0.15) is 0 Å². The molecule has 0 aliphatic heterocycles. The number of hydrogen-bond acceptors (Lipinski definition) is 8. The fraction of sp³-hybridized carbons (Fsp3) is 0.655. The fourth-order valence-corrected chi connectivity index (χ4v) is 6.82. The molecule has 0 aromatic carbocycles. The van der Waals surface area contributed by atoms with Crippen LogP contribution in [0.25, 0.3) is 0 Å². The van der Waals surface area contributed by atoms with Gasteiger partial charge in [0.15, 0.2) is 6.10 Å². The Labute approximate surface area is 244 Å². The molecule has 13 nitrogen and oxygen atoms in total. The number of aromatic nitrogens is 1. The topological polar surface area (TPSA) is 188 Å². The Hall–Kier alpha value is -3.90. The summed E-state index contributed by atoms with van der Waals surface area (Å²) in [4.78, 5) is 74.9. The summed E-state index contributed by atoms with van der Waals surface area (Å²) < 4.78 is 11.4. The van der Waals surface area contributed by atoms with Crippen molar-refractivity contribution in [3.8, 4) is 0 Å². The minimum Gasteiger partial charge on any atom is -0.452 e. The van der Waals surface area contributed by atoms with Crippen LogP contribution in [-0.2, 0) is 35.2 Å². The van der Waals surface area contributed by atoms with Crippen LogP contribution < -0.4 is 27.2 Å². The smallest absolute Gasteiger partial charge is 0.408 e. The van der Waals surface area contributed by atoms with E-state index in [4.69, 9.17) is 15.2 Å². The SMILES string of the molecule is CC(=O)OC(CC[C@H](NC(=O)OC(C)(C)C)C(=O)Nc1cccn(CC(=O)NC2C3CC4CC(C3)C2C4)c1=O)C(N)=O. The van der Waals surface area contributed by atoms with Gasteiger partial charge in [-0.3, -0.25) is 24.0 Å². The third-order valence-electron chi connectivity index (χ3n) is 8.33. The molecular formula is C29H41N5O8. The largest absolute Gasteiger partial charge is 0.452 e. The molecule has 0 spiro atoms. The van der Waals surface area contributed by atoms with Crippen molar-refractivity contribution in [1.29, 1.82) is 0 Å². The first-order chi connectivity index (χ1) is 19.7. The van der Waals surface area contributed by atoms with Crippen LogP contribution in [0.5, 0.6) is 0 Å². The molecule has 5 N–H and O–H groups in total. The Balaban J connectivity index is 1.42. The average Bonchev–Trinajstić information content (AvgIpc) is 3.28. The maximum Gasteiger partial charge on any atom is 0.408 e. The lowest BCUT2D eigenvalue weighted by Gasteiger charge is -2.32. The van der Waals surface area contributed by atoms with E-state index < -0.39 is 47.2 Å². The Morgan fingerprint density at radius 3 is 2.43 bits per heavy atom. The number of nitrogens with zero attached hydrogens (tertiary/aromatic N) is 1. The predicted molar refractivity (Wildman–Crippen MR) is 151 cm³/mol. The Morgan fingerprint density at radius 1 is 1.07 bits per heavy atom. The van der Waals surface area contributed by atoms with Crippen LogP contribution in [0.2, 0.25) is 0 Å². The van der Waals surface area contributed by atoms with Crippen molar-refractivity contribution < 1.29 is 33.4 Å². The number of primary amides is 1. The second-order valence-corrected chi connectivity index (χ2v) is 12.7. The molecule has 4 aliphatic rings. The molecular weight excluding hydrogens is 546 g/mol. The standard InChI is InChI=1S/C29H41N5O8/c1-15(35)41-22(25(30)37)8-7-20(32-28(40)42-29(2,3)4)26(38)31-21-6-5-9-34(27(21)39)14-23(36)33-24-18-11-16-10-17(13-18)19(24)12-16/h5-6,9,16-20,22,24H,7-8,10-14H2,1-4H3,(H2,30,37)(H,31,38)(H,32,40)(H,33,36)/t16?,17?,18?,19?,20-,22?,24?/m0/s1. The van der Waals surface area contributed by atoms with Crippen molar-refractivity contribution in [2.75, 3.05) is 5.32 Å². The molecule has 13 heteroatoms. The first-order valence-corrected chi connectivity index (χ1v) is 14.5. The van der Waals surface area contributed by atoms with Crippen LogP contribution in [0.3, 0.4) is 0 Å². The van der Waals surface area contributed by atoms with Gasteiger partial charge in [-0.15, -0.1) is 0 Å². The van der Waals surface area contributed by atoms with Gasteiger partial charge >= 0.3 is 12.1 Å². The number of nitrogens with one attached hydrogen (secondary N) is 3. The van der Waals surface area contributed by atoms with E-state index in [0.29, 0.717) is 17.8 Å². The number of ether oxygens (including phenoxy) is 2. The lowest BCUT2D eigenvalue weighted by atomic mass is 9.79. The predicted octanol–water partition coefficient (Wildman–Crippen LogP) is 1.43. The molecule has 4 aliphatic carbocycles. The van der Waals surface area contributed by atoms with E-state index in [1.807, 2.05) is 0 Å². The van der Waals surface area contributed by atoms with E-state index >= 15 is 0 Å². The summed E-state index contributed by atoms with van der Waals surface area (Å²) in [6, 6.07) is 1.79. The number of esters is 1. The zero-order chi connectivity index (χ0) is 30.8. The maximum atomic E-state index is 13.2. The summed E-state index contributed by atoms with van der Waals surface area (Å²) in [5.74, 6) is -0.182. The number of anilines is 1. The molecule has 42 heavy (non-hydrogen) atoms. The monoisotopic (exact) mass is 587 g/mol. The molecule has 1 aromatic rings. The third-order valence-corrected chi connectivity index (χ3v) is 8.33. The molecule has 1 aromatic heterocycles. The van der Waals surface area contributed by atoms with Gasteiger partial charge in [0.2, 0.25) is 11.8 Å². The lowest BCUT2D eigenvalue weighted by Crippen LogP contribution is -2.47. The maximum absolute atomic E-state index is 13.2. The number of carbonyl (C=O) groups is 5. The van der Waals surface area contributed by atoms with Gasteiger partial charge in [-0.25, -0.2) is 4.79 Å². The van der Waals surface area contributed by atoms with E-state index in [9.17, 15) is 28.8 Å². The highest BCUT2D eigenvalue weighted by molar-refractivity contribution is 5.96. The van der Waals surface area contributed by atoms with Crippen molar-refractivity contribution in [3.05, 3.63) is 28.7 Å². The highest BCUT2D eigenvalue weighted by atomic mass is 16.6. The molecule has 4 fully saturated rings. The Morgan fingerprint density at radius 2 is 1.79 bits per heavy atom. The highest BCUT2D eigenvalue weighted by Crippen LogP contribution is 2.58. The number of amides is 4. The van der Waals surface area contributed by atoms with Crippen molar-refractivity contribution in [2.45, 2.75) is 96.6 Å². The number of alkyl carbamates (subject to hydrolysis) is 1. The molecule has 4 amide bonds. The van der Waals surface area contributed by atoms with Crippen LogP contribution in [-0.4, -0.2) is 58.1 Å². The molecule has 0 saturated heterocycles. The van der Waals surface area contributed by atoms with Crippen LogP contribution in [0, 0.1) is 23.7 Å². The van der Waals surface area contributed by atoms with E-state index in [1.54, 1.807) is 20.8 Å². The summed E-state index contributed by atoms with van der Waals surface area (Å²) in [6.45, 7) is 5.86. The van der Waals surface area contributed by atoms with Gasteiger partial charge in [0.1, 0.15) is 23.9 Å². The average molecular weight is 588 g/mol. The molecule has 6 unspecified atom stereocenters. The van der Waals surface area contributed by atoms with Gasteiger partial charge in [0.05, 0.1) is 0 Å². The minimum absolute atomic E-state index is 0.101.